The molecule has 0 bridgehead atoms. The van der Waals surface area contributed by atoms with E-state index in [1.54, 1.807) is 34.8 Å². The summed E-state index contributed by atoms with van der Waals surface area (Å²) in [4.78, 5) is 14.8. The topological polar surface area (TPSA) is 80.1 Å². The SMILES string of the molecule is COc1ccc(CN2CCn3nc(COC[C@H](C)N(C(=O)O)C(C)(C)C)c(C(F)(F)F)c3C2)cc1. The fourth-order valence-corrected chi connectivity index (χ4v) is 4.51. The Hall–Kier alpha value is -2.79. The van der Waals surface area contributed by atoms with Crippen molar-refractivity contribution in [3.8, 4) is 5.75 Å². The summed E-state index contributed by atoms with van der Waals surface area (Å²) in [6.07, 6.45) is -5.70. The van der Waals surface area contributed by atoms with Crippen LogP contribution in [0.1, 0.15) is 50.2 Å². The van der Waals surface area contributed by atoms with Crippen LogP contribution in [0.25, 0.3) is 0 Å². The number of carboxylic acid groups (broad SMARTS) is 1. The Morgan fingerprint density at radius 3 is 2.40 bits per heavy atom. The third-order valence-electron chi connectivity index (χ3n) is 5.95. The summed E-state index contributed by atoms with van der Waals surface area (Å²) >= 11 is 0. The molecule has 0 saturated carbocycles. The second-order valence-electron chi connectivity index (χ2n) is 9.74. The third-order valence-corrected chi connectivity index (χ3v) is 5.95. The maximum absolute atomic E-state index is 14.1. The molecule has 1 aromatic carbocycles. The predicted molar refractivity (Wildman–Crippen MR) is 123 cm³/mol. The van der Waals surface area contributed by atoms with E-state index in [0.29, 0.717) is 19.6 Å². The van der Waals surface area contributed by atoms with E-state index < -0.39 is 29.4 Å². The van der Waals surface area contributed by atoms with E-state index in [9.17, 15) is 23.1 Å². The first-order chi connectivity index (χ1) is 16.3. The molecule has 0 fully saturated rings. The molecule has 1 N–H and O–H groups in total. The van der Waals surface area contributed by atoms with E-state index in [1.807, 2.05) is 29.2 Å². The van der Waals surface area contributed by atoms with E-state index in [1.165, 1.54) is 9.58 Å². The van der Waals surface area contributed by atoms with Crippen LogP contribution in [0.15, 0.2) is 24.3 Å². The number of halogens is 3. The van der Waals surface area contributed by atoms with Crippen LogP contribution >= 0.6 is 0 Å². The highest BCUT2D eigenvalue weighted by molar-refractivity contribution is 5.66. The van der Waals surface area contributed by atoms with E-state index in [0.717, 1.165) is 11.3 Å². The van der Waals surface area contributed by atoms with Crippen LogP contribution in [0.2, 0.25) is 0 Å². The molecule has 1 aromatic heterocycles. The maximum atomic E-state index is 14.1. The van der Waals surface area contributed by atoms with Gasteiger partial charge in [-0.2, -0.15) is 18.3 Å². The first kappa shape index (κ1) is 26.8. The summed E-state index contributed by atoms with van der Waals surface area (Å²) < 4.78 is 54.3. The van der Waals surface area contributed by atoms with Crippen molar-refractivity contribution in [2.45, 2.75) is 71.7 Å². The van der Waals surface area contributed by atoms with Crippen molar-refractivity contribution in [3.05, 3.63) is 46.8 Å². The molecular weight excluding hydrogens is 465 g/mol. The van der Waals surface area contributed by atoms with E-state index >= 15 is 0 Å². The van der Waals surface area contributed by atoms with E-state index in [4.69, 9.17) is 9.47 Å². The molecule has 8 nitrogen and oxygen atoms in total. The van der Waals surface area contributed by atoms with Crippen LogP contribution in [-0.2, 0) is 37.2 Å². The van der Waals surface area contributed by atoms with Gasteiger partial charge in [-0.1, -0.05) is 12.1 Å². The second-order valence-corrected chi connectivity index (χ2v) is 9.74. The molecule has 0 aliphatic carbocycles. The Morgan fingerprint density at radius 2 is 1.86 bits per heavy atom. The van der Waals surface area contributed by atoms with Crippen molar-refractivity contribution in [1.29, 1.82) is 0 Å². The number of alkyl halides is 3. The molecule has 35 heavy (non-hydrogen) atoms. The zero-order valence-electron chi connectivity index (χ0n) is 20.7. The van der Waals surface area contributed by atoms with Crippen LogP contribution in [0.4, 0.5) is 18.0 Å². The van der Waals surface area contributed by atoms with Gasteiger partial charge in [-0.3, -0.25) is 14.5 Å². The number of ether oxygens (including phenoxy) is 2. The molecule has 0 saturated heterocycles. The fourth-order valence-electron chi connectivity index (χ4n) is 4.51. The van der Waals surface area contributed by atoms with Gasteiger partial charge in [0, 0.05) is 25.2 Å². The Bertz CT molecular complexity index is 1020. The van der Waals surface area contributed by atoms with Crippen LogP contribution < -0.4 is 4.74 Å². The largest absolute Gasteiger partial charge is 0.497 e. The molecule has 11 heteroatoms. The highest BCUT2D eigenvalue weighted by Crippen LogP contribution is 2.37. The average Bonchev–Trinajstić information content (AvgIpc) is 3.11. The number of rotatable bonds is 8. The van der Waals surface area contributed by atoms with Gasteiger partial charge in [0.1, 0.15) is 17.0 Å². The zero-order valence-corrected chi connectivity index (χ0v) is 20.7. The molecule has 2 aromatic rings. The number of methoxy groups -OCH3 is 1. The zero-order chi connectivity index (χ0) is 26.0. The first-order valence-electron chi connectivity index (χ1n) is 11.4. The number of amides is 1. The molecule has 1 aliphatic rings. The lowest BCUT2D eigenvalue weighted by Gasteiger charge is -2.37. The van der Waals surface area contributed by atoms with Gasteiger partial charge in [-0.05, 0) is 45.4 Å². The van der Waals surface area contributed by atoms with Crippen LogP contribution in [0, 0.1) is 0 Å². The molecule has 3 rings (SSSR count). The van der Waals surface area contributed by atoms with Gasteiger partial charge in [-0.25, -0.2) is 4.79 Å². The molecule has 194 valence electrons. The lowest BCUT2D eigenvalue weighted by Crippen LogP contribution is -2.51. The summed E-state index contributed by atoms with van der Waals surface area (Å²) in [5, 5.41) is 13.7. The van der Waals surface area contributed by atoms with Crippen molar-refractivity contribution in [2.75, 3.05) is 20.3 Å². The minimum atomic E-state index is -4.58. The number of aromatic nitrogens is 2. The second kappa shape index (κ2) is 10.4. The Balaban J connectivity index is 1.72. The van der Waals surface area contributed by atoms with Crippen molar-refractivity contribution >= 4 is 6.09 Å². The van der Waals surface area contributed by atoms with Crippen LogP contribution in [-0.4, -0.2) is 62.6 Å². The van der Waals surface area contributed by atoms with Crippen LogP contribution in [0.5, 0.6) is 5.75 Å². The summed E-state index contributed by atoms with van der Waals surface area (Å²) in [6, 6.07) is 6.90. The number of fused-ring (bicyclic) bond motifs is 1. The quantitative estimate of drug-likeness (QED) is 0.573. The minimum absolute atomic E-state index is 0.0490. The van der Waals surface area contributed by atoms with E-state index in [-0.39, 0.29) is 31.1 Å². The summed E-state index contributed by atoms with van der Waals surface area (Å²) in [6.45, 7) is 8.04. The lowest BCUT2D eigenvalue weighted by molar-refractivity contribution is -0.140. The predicted octanol–water partition coefficient (Wildman–Crippen LogP) is 4.61. The van der Waals surface area contributed by atoms with Crippen LogP contribution in [0.3, 0.4) is 0 Å². The Labute approximate surface area is 203 Å². The number of hydrogen-bond donors (Lipinski definition) is 1. The molecule has 0 radical (unpaired) electrons. The average molecular weight is 499 g/mol. The van der Waals surface area contributed by atoms with Gasteiger partial charge >= 0.3 is 12.3 Å². The monoisotopic (exact) mass is 498 g/mol. The number of benzene rings is 1. The van der Waals surface area contributed by atoms with Gasteiger partial charge in [0.2, 0.25) is 0 Å². The molecule has 0 unspecified atom stereocenters. The number of hydrogen-bond acceptors (Lipinski definition) is 5. The van der Waals surface area contributed by atoms with Crippen molar-refractivity contribution in [1.82, 2.24) is 19.6 Å². The van der Waals surface area contributed by atoms with E-state index in [2.05, 4.69) is 5.10 Å². The van der Waals surface area contributed by atoms with Gasteiger partial charge < -0.3 is 14.6 Å². The first-order valence-corrected chi connectivity index (χ1v) is 11.4. The molecular formula is C24H33F3N4O4. The van der Waals surface area contributed by atoms with Crippen molar-refractivity contribution in [2.24, 2.45) is 0 Å². The van der Waals surface area contributed by atoms with Gasteiger partial charge in [0.25, 0.3) is 0 Å². The summed E-state index contributed by atoms with van der Waals surface area (Å²) in [7, 11) is 1.58. The fraction of sp³-hybridized carbons (Fsp3) is 0.583. The number of carbonyl (C=O) groups is 1. The van der Waals surface area contributed by atoms with Gasteiger partial charge in [0.15, 0.2) is 0 Å². The minimum Gasteiger partial charge on any atom is -0.497 e. The number of nitrogens with zero attached hydrogens (tertiary/aromatic N) is 4. The highest BCUT2D eigenvalue weighted by Gasteiger charge is 2.41. The molecule has 1 aliphatic heterocycles. The van der Waals surface area contributed by atoms with Gasteiger partial charge in [0.05, 0.1) is 38.6 Å². The molecule has 0 spiro atoms. The standard InChI is InChI=1S/C24H33F3N4O4/c1-16(31(22(32)33)23(2,3)4)14-35-15-19-21(24(25,26)27)20-13-29(10-11-30(20)28-19)12-17-6-8-18(34-5)9-7-17/h6-9,16H,10-15H2,1-5H3,(H,32,33)/t16-/m0/s1. The van der Waals surface area contributed by atoms with Crippen molar-refractivity contribution < 1.29 is 32.5 Å². The summed E-state index contributed by atoms with van der Waals surface area (Å²) in [5.74, 6) is 0.720. The van der Waals surface area contributed by atoms with Crippen molar-refractivity contribution in [3.63, 3.8) is 0 Å². The Kier molecular flexibility index (Phi) is 8.00. The smallest absolute Gasteiger partial charge is 0.420 e. The highest BCUT2D eigenvalue weighted by atomic mass is 19.4. The molecule has 1 atom stereocenters. The lowest BCUT2D eigenvalue weighted by atomic mass is 10.0. The Morgan fingerprint density at radius 1 is 1.20 bits per heavy atom. The normalized spacial score (nSPS) is 15.5. The molecule has 2 heterocycles. The maximum Gasteiger partial charge on any atom is 0.420 e. The third kappa shape index (κ3) is 6.46. The summed E-state index contributed by atoms with van der Waals surface area (Å²) in [5.41, 5.74) is -0.524. The molecule has 1 amide bonds. The van der Waals surface area contributed by atoms with Gasteiger partial charge in [-0.15, -0.1) is 0 Å².